The molecule has 0 bridgehead atoms. The molecule has 2 fully saturated rings. The fourth-order valence-electron chi connectivity index (χ4n) is 4.51. The molecule has 2 nitrogen and oxygen atoms in total. The quantitative estimate of drug-likeness (QED) is 0.448. The zero-order chi connectivity index (χ0) is 16.8. The van der Waals surface area contributed by atoms with Crippen LogP contribution in [0.4, 0.5) is 0 Å². The van der Waals surface area contributed by atoms with Crippen LogP contribution in [0.5, 0.6) is 5.75 Å². The van der Waals surface area contributed by atoms with Gasteiger partial charge in [0.1, 0.15) is 5.75 Å². The molecule has 0 N–H and O–H groups in total. The summed E-state index contributed by atoms with van der Waals surface area (Å²) in [5, 5.41) is 0. The second kappa shape index (κ2) is 8.64. The van der Waals surface area contributed by atoms with E-state index in [0.717, 1.165) is 28.7 Å². The number of benzene rings is 1. The van der Waals surface area contributed by atoms with Crippen LogP contribution >= 0.6 is 0 Å². The van der Waals surface area contributed by atoms with Crippen LogP contribution in [0.25, 0.3) is 5.76 Å². The fraction of sp³-hybridized carbons (Fsp3) is 0.619. The Kier molecular flexibility index (Phi) is 6.28. The summed E-state index contributed by atoms with van der Waals surface area (Å²) in [5.74, 6) is 3.15. The first-order valence-electron chi connectivity index (χ1n) is 9.78. The Bertz CT molecular complexity index is 495. The summed E-state index contributed by atoms with van der Waals surface area (Å²) in [6, 6.07) is 8.08. The lowest BCUT2D eigenvalue weighted by atomic mass is 9.41. The second-order valence-electron chi connectivity index (χ2n) is 7.53. The maximum absolute atomic E-state index is 6.55. The molecule has 2 aliphatic carbocycles. The Labute approximate surface area is 147 Å². The highest BCUT2D eigenvalue weighted by molar-refractivity contribution is 6.56. The number of hydrogen-bond donors (Lipinski definition) is 0. The summed E-state index contributed by atoms with van der Waals surface area (Å²) < 4.78 is 11.8. The van der Waals surface area contributed by atoms with Gasteiger partial charge in [-0.05, 0) is 35.9 Å². The van der Waals surface area contributed by atoms with Gasteiger partial charge in [0.2, 0.25) is 0 Å². The topological polar surface area (TPSA) is 18.5 Å². The predicted octanol–water partition coefficient (Wildman–Crippen LogP) is 6.34. The van der Waals surface area contributed by atoms with Gasteiger partial charge < -0.3 is 9.39 Å². The molecule has 0 spiro atoms. The van der Waals surface area contributed by atoms with Gasteiger partial charge in [0.05, 0.1) is 12.9 Å². The van der Waals surface area contributed by atoms with E-state index >= 15 is 0 Å². The minimum atomic E-state index is 0.361. The summed E-state index contributed by atoms with van der Waals surface area (Å²) in [4.78, 5) is 0. The molecule has 3 rings (SSSR count). The number of hydrogen-bond acceptors (Lipinski definition) is 2. The van der Waals surface area contributed by atoms with Crippen LogP contribution in [0.3, 0.4) is 0 Å². The molecule has 2 saturated carbocycles. The standard InChI is InChI=1S/C21H31BO2/c1-17(18-13-15-21(23-2)16-14-18)24-22(19-9-5-3-6-10-19)20-11-7-4-8-12-20/h13-16,19-20H,1,3-12H2,2H3. The van der Waals surface area contributed by atoms with E-state index < -0.39 is 0 Å². The Hall–Kier alpha value is -1.38. The minimum Gasteiger partial charge on any atom is -0.560 e. The average Bonchev–Trinajstić information content (AvgIpc) is 2.67. The maximum Gasteiger partial charge on any atom is 0.363 e. The molecular weight excluding hydrogens is 295 g/mol. The van der Waals surface area contributed by atoms with E-state index in [0.29, 0.717) is 6.92 Å². The van der Waals surface area contributed by atoms with Crippen molar-refractivity contribution in [1.82, 2.24) is 0 Å². The molecule has 0 amide bonds. The lowest BCUT2D eigenvalue weighted by molar-refractivity contribution is 0.393. The fourth-order valence-corrected chi connectivity index (χ4v) is 4.51. The monoisotopic (exact) mass is 326 g/mol. The molecule has 1 aromatic carbocycles. The first kappa shape index (κ1) is 17.4. The lowest BCUT2D eigenvalue weighted by Crippen LogP contribution is -2.32. The Morgan fingerprint density at radius 1 is 0.875 bits per heavy atom. The van der Waals surface area contributed by atoms with E-state index in [1.54, 1.807) is 7.11 Å². The first-order chi connectivity index (χ1) is 11.8. The smallest absolute Gasteiger partial charge is 0.363 e. The average molecular weight is 326 g/mol. The van der Waals surface area contributed by atoms with Crippen molar-refractivity contribution in [2.45, 2.75) is 75.8 Å². The van der Waals surface area contributed by atoms with E-state index in [4.69, 9.17) is 9.39 Å². The molecule has 0 radical (unpaired) electrons. The Morgan fingerprint density at radius 3 is 1.83 bits per heavy atom. The molecule has 3 heteroatoms. The van der Waals surface area contributed by atoms with Gasteiger partial charge in [0.25, 0.3) is 0 Å². The van der Waals surface area contributed by atoms with Crippen molar-refractivity contribution in [2.75, 3.05) is 7.11 Å². The third-order valence-corrected chi connectivity index (χ3v) is 5.92. The molecule has 2 aliphatic rings. The van der Waals surface area contributed by atoms with Gasteiger partial charge in [-0.1, -0.05) is 70.8 Å². The molecule has 0 aliphatic heterocycles. The van der Waals surface area contributed by atoms with E-state index in [1.165, 1.54) is 64.2 Å². The third kappa shape index (κ3) is 4.37. The van der Waals surface area contributed by atoms with Gasteiger partial charge in [-0.15, -0.1) is 0 Å². The summed E-state index contributed by atoms with van der Waals surface area (Å²) >= 11 is 0. The Balaban J connectivity index is 1.70. The molecule has 0 atom stereocenters. The highest BCUT2D eigenvalue weighted by Crippen LogP contribution is 2.43. The minimum absolute atomic E-state index is 0.361. The van der Waals surface area contributed by atoms with Crippen LogP contribution in [0.1, 0.15) is 69.8 Å². The van der Waals surface area contributed by atoms with Crippen molar-refractivity contribution in [3.05, 3.63) is 36.4 Å². The predicted molar refractivity (Wildman–Crippen MR) is 103 cm³/mol. The van der Waals surface area contributed by atoms with Crippen LogP contribution in [-0.4, -0.2) is 14.0 Å². The normalized spacial score (nSPS) is 19.7. The van der Waals surface area contributed by atoms with Crippen molar-refractivity contribution >= 4 is 12.7 Å². The highest BCUT2D eigenvalue weighted by atomic mass is 16.5. The van der Waals surface area contributed by atoms with Gasteiger partial charge in [-0.3, -0.25) is 0 Å². The van der Waals surface area contributed by atoms with Crippen molar-refractivity contribution in [3.8, 4) is 5.75 Å². The van der Waals surface area contributed by atoms with Crippen LogP contribution < -0.4 is 4.74 Å². The van der Waals surface area contributed by atoms with Gasteiger partial charge >= 0.3 is 6.92 Å². The number of methoxy groups -OCH3 is 1. The van der Waals surface area contributed by atoms with Gasteiger partial charge in [-0.2, -0.15) is 0 Å². The van der Waals surface area contributed by atoms with Gasteiger partial charge in [0, 0.05) is 5.56 Å². The number of ether oxygens (including phenoxy) is 1. The first-order valence-corrected chi connectivity index (χ1v) is 9.78. The Morgan fingerprint density at radius 2 is 1.38 bits per heavy atom. The van der Waals surface area contributed by atoms with E-state index in [2.05, 4.69) is 18.7 Å². The highest BCUT2D eigenvalue weighted by Gasteiger charge is 2.38. The number of rotatable bonds is 6. The van der Waals surface area contributed by atoms with Crippen molar-refractivity contribution in [2.24, 2.45) is 0 Å². The molecule has 0 heterocycles. The van der Waals surface area contributed by atoms with E-state index in [-0.39, 0.29) is 0 Å². The molecular formula is C21H31BO2. The van der Waals surface area contributed by atoms with Gasteiger partial charge in [-0.25, -0.2) is 0 Å². The molecule has 0 aromatic heterocycles. The zero-order valence-electron chi connectivity index (χ0n) is 15.1. The van der Waals surface area contributed by atoms with Crippen LogP contribution in [0.2, 0.25) is 11.6 Å². The summed E-state index contributed by atoms with van der Waals surface area (Å²) in [5.41, 5.74) is 1.08. The molecule has 1 aromatic rings. The zero-order valence-corrected chi connectivity index (χ0v) is 15.1. The van der Waals surface area contributed by atoms with Crippen molar-refractivity contribution < 1.29 is 9.39 Å². The van der Waals surface area contributed by atoms with Crippen LogP contribution in [0, 0.1) is 0 Å². The van der Waals surface area contributed by atoms with Crippen molar-refractivity contribution in [3.63, 3.8) is 0 Å². The van der Waals surface area contributed by atoms with E-state index in [9.17, 15) is 0 Å². The largest absolute Gasteiger partial charge is 0.560 e. The third-order valence-electron chi connectivity index (χ3n) is 5.92. The van der Waals surface area contributed by atoms with Crippen LogP contribution in [-0.2, 0) is 4.65 Å². The SMILES string of the molecule is C=C(OB(C1CCCCC1)C1CCCCC1)c1ccc(OC)cc1. The summed E-state index contributed by atoms with van der Waals surface area (Å²) in [7, 11) is 1.70. The second-order valence-corrected chi connectivity index (χ2v) is 7.53. The molecule has 0 unspecified atom stereocenters. The lowest BCUT2D eigenvalue weighted by Gasteiger charge is -2.35. The van der Waals surface area contributed by atoms with E-state index in [1.807, 2.05) is 12.1 Å². The molecule has 130 valence electrons. The van der Waals surface area contributed by atoms with Crippen LogP contribution in [0.15, 0.2) is 30.8 Å². The summed E-state index contributed by atoms with van der Waals surface area (Å²) in [6.45, 7) is 4.61. The van der Waals surface area contributed by atoms with Gasteiger partial charge in [0.15, 0.2) is 0 Å². The molecule has 0 saturated heterocycles. The summed E-state index contributed by atoms with van der Waals surface area (Å²) in [6.07, 6.45) is 13.6. The molecule has 24 heavy (non-hydrogen) atoms. The van der Waals surface area contributed by atoms with Crippen molar-refractivity contribution in [1.29, 1.82) is 0 Å². The maximum atomic E-state index is 6.55.